The van der Waals surface area contributed by atoms with E-state index in [0.717, 1.165) is 26.1 Å². The molecule has 0 spiro atoms. The van der Waals surface area contributed by atoms with Crippen molar-refractivity contribution in [1.82, 2.24) is 9.80 Å². The molecule has 5 heteroatoms. The van der Waals surface area contributed by atoms with Crippen LogP contribution < -0.4 is 0 Å². The van der Waals surface area contributed by atoms with Gasteiger partial charge >= 0.3 is 5.97 Å². The van der Waals surface area contributed by atoms with Gasteiger partial charge < -0.3 is 14.9 Å². The fourth-order valence-electron chi connectivity index (χ4n) is 2.31. The van der Waals surface area contributed by atoms with Crippen LogP contribution in [0.5, 0.6) is 0 Å². The summed E-state index contributed by atoms with van der Waals surface area (Å²) in [7, 11) is 1.56. The van der Waals surface area contributed by atoms with Crippen LogP contribution in [0, 0.1) is 0 Å². The molecule has 92 valence electrons. The summed E-state index contributed by atoms with van der Waals surface area (Å²) < 4.78 is 0. The summed E-state index contributed by atoms with van der Waals surface area (Å²) in [5.41, 5.74) is -1.01. The third-order valence-electron chi connectivity index (χ3n) is 3.58. The van der Waals surface area contributed by atoms with E-state index in [1.165, 1.54) is 4.90 Å². The highest BCUT2D eigenvalue weighted by Gasteiger charge is 2.43. The zero-order chi connectivity index (χ0) is 12.2. The number of hydrogen-bond acceptors (Lipinski definition) is 3. The van der Waals surface area contributed by atoms with Crippen molar-refractivity contribution >= 4 is 12.4 Å². The minimum absolute atomic E-state index is 0.505. The molecule has 0 aromatic heterocycles. The number of nitrogens with zero attached hydrogens (tertiary/aromatic N) is 2. The maximum atomic E-state index is 11.4. The van der Waals surface area contributed by atoms with E-state index in [-0.39, 0.29) is 0 Å². The number of carboxylic acid groups (broad SMARTS) is 1. The van der Waals surface area contributed by atoms with Crippen molar-refractivity contribution in [2.75, 3.05) is 26.7 Å². The summed E-state index contributed by atoms with van der Waals surface area (Å²) in [5, 5.41) is 9.36. The second-order valence-corrected chi connectivity index (χ2v) is 4.34. The smallest absolute Gasteiger partial charge is 0.329 e. The van der Waals surface area contributed by atoms with Gasteiger partial charge in [0.2, 0.25) is 6.41 Å². The van der Waals surface area contributed by atoms with Gasteiger partial charge in [-0.2, -0.15) is 0 Å². The summed E-state index contributed by atoms with van der Waals surface area (Å²) in [6.45, 7) is 4.65. The summed E-state index contributed by atoms with van der Waals surface area (Å²) in [6, 6.07) is 0. The Morgan fingerprint density at radius 2 is 2.19 bits per heavy atom. The maximum Gasteiger partial charge on any atom is 0.329 e. The average Bonchev–Trinajstić information content (AvgIpc) is 2.50. The molecule has 0 bridgehead atoms. The van der Waals surface area contributed by atoms with E-state index < -0.39 is 11.5 Å². The molecule has 1 rings (SSSR count). The highest BCUT2D eigenvalue weighted by atomic mass is 16.4. The van der Waals surface area contributed by atoms with Crippen molar-refractivity contribution in [3.63, 3.8) is 0 Å². The molecule has 5 nitrogen and oxygen atoms in total. The first-order valence-electron chi connectivity index (χ1n) is 5.71. The van der Waals surface area contributed by atoms with Crippen LogP contribution in [-0.4, -0.2) is 59.5 Å². The van der Waals surface area contributed by atoms with Gasteiger partial charge in [-0.3, -0.25) is 4.79 Å². The summed E-state index contributed by atoms with van der Waals surface area (Å²) in [6.07, 6.45) is 2.48. The molecule has 1 heterocycles. The monoisotopic (exact) mass is 228 g/mol. The lowest BCUT2D eigenvalue weighted by atomic mass is 9.89. The number of amides is 1. The molecule has 16 heavy (non-hydrogen) atoms. The van der Waals surface area contributed by atoms with E-state index in [1.54, 1.807) is 7.05 Å². The molecule has 0 aromatic rings. The Kier molecular flexibility index (Phi) is 4.29. The lowest BCUT2D eigenvalue weighted by Crippen LogP contribution is -2.52. The van der Waals surface area contributed by atoms with E-state index in [4.69, 9.17) is 0 Å². The minimum atomic E-state index is -1.01. The molecule has 1 atom stereocenters. The number of carbonyl (C=O) groups is 2. The van der Waals surface area contributed by atoms with Crippen LogP contribution >= 0.6 is 0 Å². The first kappa shape index (κ1) is 13.0. The first-order valence-corrected chi connectivity index (χ1v) is 5.71. The number of hydrogen-bond donors (Lipinski definition) is 1. The van der Waals surface area contributed by atoms with E-state index in [0.29, 0.717) is 19.3 Å². The Labute approximate surface area is 96.0 Å². The number of carboxylic acids is 1. The predicted octanol–water partition coefficient (Wildman–Crippen LogP) is 0.404. The summed E-state index contributed by atoms with van der Waals surface area (Å²) in [4.78, 5) is 25.8. The van der Waals surface area contributed by atoms with Crippen molar-refractivity contribution in [3.05, 3.63) is 0 Å². The number of likely N-dealkylation sites (N-methyl/N-ethyl adjacent to an activating group) is 1. The summed E-state index contributed by atoms with van der Waals surface area (Å²) in [5.74, 6) is -0.889. The highest BCUT2D eigenvalue weighted by molar-refractivity contribution is 5.81. The third kappa shape index (κ3) is 2.35. The largest absolute Gasteiger partial charge is 0.479 e. The average molecular weight is 228 g/mol. The van der Waals surface area contributed by atoms with Crippen LogP contribution in [0.3, 0.4) is 0 Å². The quantitative estimate of drug-likeness (QED) is 0.708. The van der Waals surface area contributed by atoms with Gasteiger partial charge in [-0.05, 0) is 32.4 Å². The number of rotatable bonds is 4. The Morgan fingerprint density at radius 1 is 1.50 bits per heavy atom. The van der Waals surface area contributed by atoms with E-state index in [2.05, 4.69) is 11.8 Å². The molecule has 1 unspecified atom stereocenters. The molecule has 1 aliphatic rings. The molecule has 1 saturated heterocycles. The van der Waals surface area contributed by atoms with E-state index >= 15 is 0 Å². The van der Waals surface area contributed by atoms with Crippen molar-refractivity contribution in [2.24, 2.45) is 0 Å². The van der Waals surface area contributed by atoms with Gasteiger partial charge in [-0.25, -0.2) is 4.79 Å². The Morgan fingerprint density at radius 3 is 2.69 bits per heavy atom. The molecule has 0 radical (unpaired) electrons. The van der Waals surface area contributed by atoms with Gasteiger partial charge in [-0.1, -0.05) is 6.92 Å². The van der Waals surface area contributed by atoms with Crippen LogP contribution in [0.25, 0.3) is 0 Å². The van der Waals surface area contributed by atoms with Crippen LogP contribution in [0.4, 0.5) is 0 Å². The molecule has 1 aliphatic heterocycles. The van der Waals surface area contributed by atoms with Gasteiger partial charge in [0.15, 0.2) is 0 Å². The zero-order valence-corrected chi connectivity index (χ0v) is 9.98. The fourth-order valence-corrected chi connectivity index (χ4v) is 2.31. The molecule has 1 N–H and O–H groups in total. The Hall–Kier alpha value is -1.10. The standard InChI is InChI=1S/C11H20N2O3/c1-3-13-7-4-5-11(6-8-13,10(15)16)12(2)9-14/h9H,3-8H2,1-2H3,(H,15,16). The zero-order valence-electron chi connectivity index (χ0n) is 9.98. The Bertz CT molecular complexity index is 270. The van der Waals surface area contributed by atoms with Crippen LogP contribution in [0.2, 0.25) is 0 Å². The molecule has 0 aliphatic carbocycles. The van der Waals surface area contributed by atoms with Gasteiger partial charge in [0.1, 0.15) is 5.54 Å². The van der Waals surface area contributed by atoms with Crippen molar-refractivity contribution in [1.29, 1.82) is 0 Å². The highest BCUT2D eigenvalue weighted by Crippen LogP contribution is 2.27. The lowest BCUT2D eigenvalue weighted by molar-refractivity contribution is -0.154. The van der Waals surface area contributed by atoms with Crippen molar-refractivity contribution in [3.8, 4) is 0 Å². The second kappa shape index (κ2) is 5.30. The fraction of sp³-hybridized carbons (Fsp3) is 0.818. The number of aliphatic carboxylic acids is 1. The Balaban J connectivity index is 2.86. The van der Waals surface area contributed by atoms with Gasteiger partial charge in [0.05, 0.1) is 0 Å². The first-order chi connectivity index (χ1) is 7.56. The lowest BCUT2D eigenvalue weighted by Gasteiger charge is -2.35. The molecule has 0 saturated carbocycles. The molecule has 1 fully saturated rings. The van der Waals surface area contributed by atoms with Crippen molar-refractivity contribution in [2.45, 2.75) is 31.7 Å². The molecule has 1 amide bonds. The third-order valence-corrected chi connectivity index (χ3v) is 3.58. The van der Waals surface area contributed by atoms with Crippen LogP contribution in [0.1, 0.15) is 26.2 Å². The number of likely N-dealkylation sites (tertiary alicyclic amines) is 1. The second-order valence-electron chi connectivity index (χ2n) is 4.34. The maximum absolute atomic E-state index is 11.4. The minimum Gasteiger partial charge on any atom is -0.479 e. The molecular formula is C11H20N2O3. The van der Waals surface area contributed by atoms with Crippen molar-refractivity contribution < 1.29 is 14.7 Å². The van der Waals surface area contributed by atoms with Gasteiger partial charge in [0, 0.05) is 13.6 Å². The van der Waals surface area contributed by atoms with Gasteiger partial charge in [-0.15, -0.1) is 0 Å². The van der Waals surface area contributed by atoms with E-state index in [9.17, 15) is 14.7 Å². The molecule has 0 aromatic carbocycles. The summed E-state index contributed by atoms with van der Waals surface area (Å²) >= 11 is 0. The molecular weight excluding hydrogens is 208 g/mol. The SMILES string of the molecule is CCN1CCCC(C(=O)O)(N(C)C=O)CC1. The number of carbonyl (C=O) groups excluding carboxylic acids is 1. The predicted molar refractivity (Wildman–Crippen MR) is 60.2 cm³/mol. The van der Waals surface area contributed by atoms with Gasteiger partial charge in [0.25, 0.3) is 0 Å². The van der Waals surface area contributed by atoms with Crippen LogP contribution in [-0.2, 0) is 9.59 Å². The van der Waals surface area contributed by atoms with E-state index in [1.807, 2.05) is 0 Å². The topological polar surface area (TPSA) is 60.9 Å². The van der Waals surface area contributed by atoms with Crippen LogP contribution in [0.15, 0.2) is 0 Å². The normalized spacial score (nSPS) is 27.1.